The Morgan fingerprint density at radius 3 is 2.21 bits per heavy atom. The predicted molar refractivity (Wildman–Crippen MR) is 62.1 cm³/mol. The van der Waals surface area contributed by atoms with Gasteiger partial charge in [0.1, 0.15) is 0 Å². The summed E-state index contributed by atoms with van der Waals surface area (Å²) in [6.45, 7) is 6.17. The minimum Gasteiger partial charge on any atom is -0.308 e. The molecule has 77 valence electrons. The Bertz CT molecular complexity index is 276. The molecule has 0 saturated carbocycles. The fraction of sp³-hybridized carbons (Fsp3) is 0.500. The summed E-state index contributed by atoms with van der Waals surface area (Å²) in [6, 6.07) is 6.84. The van der Waals surface area contributed by atoms with Crippen LogP contribution in [0.5, 0.6) is 0 Å². The van der Waals surface area contributed by atoms with Crippen LogP contribution in [0.15, 0.2) is 18.2 Å². The zero-order valence-electron chi connectivity index (χ0n) is 9.23. The molecule has 1 rings (SSSR count). The standard InChI is InChI=1S/C12H18FSi/c1-4-5-6-14(13)12-8-10(2)7-11(3)9-12/h7-9H,4-6H2,1-3H3. The van der Waals surface area contributed by atoms with E-state index in [1.807, 2.05) is 26.0 Å². The van der Waals surface area contributed by atoms with Gasteiger partial charge in [-0.05, 0) is 25.1 Å². The highest BCUT2D eigenvalue weighted by molar-refractivity contribution is 6.66. The highest BCUT2D eigenvalue weighted by atomic mass is 28.3. The molecule has 0 aliphatic heterocycles. The van der Waals surface area contributed by atoms with Crippen LogP contribution in [-0.4, -0.2) is 9.13 Å². The van der Waals surface area contributed by atoms with Gasteiger partial charge in [0.15, 0.2) is 0 Å². The lowest BCUT2D eigenvalue weighted by Crippen LogP contribution is -2.25. The van der Waals surface area contributed by atoms with Gasteiger partial charge in [-0.25, -0.2) is 0 Å². The molecule has 1 aromatic carbocycles. The number of aryl methyl sites for hydroxylation is 2. The molecule has 2 heteroatoms. The topological polar surface area (TPSA) is 0 Å². The van der Waals surface area contributed by atoms with Crippen LogP contribution in [0.25, 0.3) is 0 Å². The average Bonchev–Trinajstić information content (AvgIpc) is 2.12. The molecule has 0 aliphatic rings. The van der Waals surface area contributed by atoms with Gasteiger partial charge in [-0.2, -0.15) is 0 Å². The van der Waals surface area contributed by atoms with E-state index < -0.39 is 9.13 Å². The van der Waals surface area contributed by atoms with E-state index in [9.17, 15) is 4.11 Å². The van der Waals surface area contributed by atoms with E-state index in [1.165, 1.54) is 11.1 Å². The van der Waals surface area contributed by atoms with Crippen LogP contribution >= 0.6 is 0 Å². The van der Waals surface area contributed by atoms with Crippen molar-refractivity contribution < 1.29 is 4.11 Å². The fourth-order valence-electron chi connectivity index (χ4n) is 1.61. The first-order valence-electron chi connectivity index (χ1n) is 5.23. The second-order valence-corrected chi connectivity index (χ2v) is 5.77. The molecule has 14 heavy (non-hydrogen) atoms. The van der Waals surface area contributed by atoms with Crippen molar-refractivity contribution in [1.82, 2.24) is 0 Å². The van der Waals surface area contributed by atoms with E-state index in [1.54, 1.807) is 0 Å². The Balaban J connectivity index is 2.73. The van der Waals surface area contributed by atoms with Crippen molar-refractivity contribution in [3.63, 3.8) is 0 Å². The third-order valence-corrected chi connectivity index (χ3v) is 3.99. The van der Waals surface area contributed by atoms with Crippen LogP contribution in [0, 0.1) is 13.8 Å². The van der Waals surface area contributed by atoms with Gasteiger partial charge in [0.05, 0.1) is 0 Å². The molecule has 0 fully saturated rings. The Hall–Kier alpha value is -0.633. The van der Waals surface area contributed by atoms with Gasteiger partial charge in [0, 0.05) is 0 Å². The fourth-order valence-corrected chi connectivity index (χ4v) is 3.33. The lowest BCUT2D eigenvalue weighted by atomic mass is 10.2. The summed E-state index contributed by atoms with van der Waals surface area (Å²) < 4.78 is 13.8. The molecule has 0 N–H and O–H groups in total. The number of unbranched alkanes of at least 4 members (excludes halogenated alkanes) is 1. The largest absolute Gasteiger partial charge is 0.308 e. The van der Waals surface area contributed by atoms with Gasteiger partial charge in [-0.15, -0.1) is 0 Å². The first-order valence-corrected chi connectivity index (χ1v) is 6.82. The van der Waals surface area contributed by atoms with Gasteiger partial charge in [-0.3, -0.25) is 0 Å². The minimum absolute atomic E-state index is 0.754. The second-order valence-electron chi connectivity index (χ2n) is 3.88. The molecule has 0 atom stereocenters. The molecule has 0 nitrogen and oxygen atoms in total. The van der Waals surface area contributed by atoms with Crippen molar-refractivity contribution in [3.05, 3.63) is 29.3 Å². The summed E-state index contributed by atoms with van der Waals surface area (Å²) in [5, 5.41) is 0.945. The van der Waals surface area contributed by atoms with Crippen LogP contribution in [0.2, 0.25) is 6.04 Å². The molecule has 0 aliphatic carbocycles. The van der Waals surface area contributed by atoms with Crippen molar-refractivity contribution in [2.75, 3.05) is 0 Å². The van der Waals surface area contributed by atoms with Crippen LogP contribution < -0.4 is 5.19 Å². The number of hydrogen-bond acceptors (Lipinski definition) is 0. The maximum absolute atomic E-state index is 13.8. The van der Waals surface area contributed by atoms with Crippen molar-refractivity contribution in [2.45, 2.75) is 39.7 Å². The van der Waals surface area contributed by atoms with E-state index in [0.29, 0.717) is 0 Å². The minimum atomic E-state index is -1.77. The van der Waals surface area contributed by atoms with E-state index in [0.717, 1.165) is 24.1 Å². The maximum atomic E-state index is 13.8. The number of halogens is 1. The number of rotatable bonds is 4. The lowest BCUT2D eigenvalue weighted by molar-refractivity contribution is 0.790. The van der Waals surface area contributed by atoms with Gasteiger partial charge < -0.3 is 4.11 Å². The van der Waals surface area contributed by atoms with E-state index >= 15 is 0 Å². The SMILES string of the molecule is CCCC[Si](F)c1cc(C)cc(C)c1. The molecule has 1 radical (unpaired) electrons. The van der Waals surface area contributed by atoms with E-state index in [4.69, 9.17) is 0 Å². The Morgan fingerprint density at radius 2 is 1.71 bits per heavy atom. The van der Waals surface area contributed by atoms with Gasteiger partial charge in [-0.1, -0.05) is 49.1 Å². The van der Waals surface area contributed by atoms with Crippen molar-refractivity contribution in [1.29, 1.82) is 0 Å². The molecule has 0 saturated heterocycles. The summed E-state index contributed by atoms with van der Waals surface area (Å²) in [6.07, 6.45) is 2.10. The van der Waals surface area contributed by atoms with Crippen molar-refractivity contribution in [2.24, 2.45) is 0 Å². The summed E-state index contributed by atoms with van der Waals surface area (Å²) in [5.74, 6) is 0. The lowest BCUT2D eigenvalue weighted by Gasteiger charge is -2.07. The van der Waals surface area contributed by atoms with Gasteiger partial charge in [0.25, 0.3) is 0 Å². The molecule has 0 heterocycles. The maximum Gasteiger partial charge on any atom is 0.305 e. The summed E-state index contributed by atoms with van der Waals surface area (Å²) >= 11 is 0. The molecule has 0 spiro atoms. The van der Waals surface area contributed by atoms with E-state index in [2.05, 4.69) is 13.0 Å². The van der Waals surface area contributed by atoms with Crippen LogP contribution in [0.4, 0.5) is 4.11 Å². The molecule has 0 amide bonds. The third-order valence-electron chi connectivity index (χ3n) is 2.28. The second kappa shape index (κ2) is 5.30. The summed E-state index contributed by atoms with van der Waals surface area (Å²) in [7, 11) is -1.77. The van der Waals surface area contributed by atoms with Crippen molar-refractivity contribution in [3.8, 4) is 0 Å². The predicted octanol–water partition coefficient (Wildman–Crippen LogP) is 3.27. The monoisotopic (exact) mass is 209 g/mol. The third kappa shape index (κ3) is 3.26. The Kier molecular flexibility index (Phi) is 4.33. The highest BCUT2D eigenvalue weighted by Crippen LogP contribution is 2.07. The van der Waals surface area contributed by atoms with Gasteiger partial charge in [0.2, 0.25) is 0 Å². The smallest absolute Gasteiger partial charge is 0.305 e. The Morgan fingerprint density at radius 1 is 1.14 bits per heavy atom. The molecule has 0 bridgehead atoms. The quantitative estimate of drug-likeness (QED) is 0.527. The first kappa shape index (κ1) is 11.4. The molecule has 0 unspecified atom stereocenters. The van der Waals surface area contributed by atoms with Crippen LogP contribution in [0.3, 0.4) is 0 Å². The molecular formula is C12H18FSi. The normalized spacial score (nSPS) is 10.9. The van der Waals surface area contributed by atoms with Crippen LogP contribution in [-0.2, 0) is 0 Å². The van der Waals surface area contributed by atoms with E-state index in [-0.39, 0.29) is 0 Å². The number of hydrogen-bond donors (Lipinski definition) is 0. The average molecular weight is 209 g/mol. The highest BCUT2D eigenvalue weighted by Gasteiger charge is 2.14. The summed E-state index contributed by atoms with van der Waals surface area (Å²) in [4.78, 5) is 0. The van der Waals surface area contributed by atoms with Crippen molar-refractivity contribution >= 4 is 14.3 Å². The zero-order valence-corrected chi connectivity index (χ0v) is 10.2. The zero-order chi connectivity index (χ0) is 10.6. The molecular weight excluding hydrogens is 191 g/mol. The molecule has 0 aromatic heterocycles. The van der Waals surface area contributed by atoms with Crippen LogP contribution in [0.1, 0.15) is 30.9 Å². The first-order chi connectivity index (χ1) is 6.63. The molecule has 1 aromatic rings. The summed E-state index contributed by atoms with van der Waals surface area (Å²) in [5.41, 5.74) is 2.35. The van der Waals surface area contributed by atoms with Gasteiger partial charge >= 0.3 is 9.13 Å². The Labute approximate surface area is 87.9 Å². The number of benzene rings is 1.